The SMILES string of the molecule is Fc1ccc2cc(-c3nc4cc(Cl)c(Cl)cc4[nH]3)sc2c1. The monoisotopic (exact) mass is 336 g/mol. The summed E-state index contributed by atoms with van der Waals surface area (Å²) in [6, 6.07) is 10.2. The van der Waals surface area contributed by atoms with Crippen molar-refractivity contribution in [1.29, 1.82) is 0 Å². The van der Waals surface area contributed by atoms with Gasteiger partial charge >= 0.3 is 0 Å². The fourth-order valence-electron chi connectivity index (χ4n) is 2.24. The molecule has 0 amide bonds. The van der Waals surface area contributed by atoms with Crippen LogP contribution in [0, 0.1) is 5.82 Å². The molecule has 0 radical (unpaired) electrons. The number of hydrogen-bond donors (Lipinski definition) is 1. The van der Waals surface area contributed by atoms with Crippen molar-refractivity contribution < 1.29 is 4.39 Å². The topological polar surface area (TPSA) is 28.7 Å². The van der Waals surface area contributed by atoms with Crippen molar-refractivity contribution in [3.63, 3.8) is 0 Å². The molecule has 2 heterocycles. The van der Waals surface area contributed by atoms with Crippen LogP contribution in [0.15, 0.2) is 36.4 Å². The van der Waals surface area contributed by atoms with E-state index >= 15 is 0 Å². The van der Waals surface area contributed by atoms with Crippen molar-refractivity contribution in [1.82, 2.24) is 9.97 Å². The normalized spacial score (nSPS) is 11.6. The summed E-state index contributed by atoms with van der Waals surface area (Å²) in [6.07, 6.45) is 0. The predicted octanol–water partition coefficient (Wildman–Crippen LogP) is 5.89. The van der Waals surface area contributed by atoms with Crippen molar-refractivity contribution in [2.75, 3.05) is 0 Å². The molecular weight excluding hydrogens is 330 g/mol. The van der Waals surface area contributed by atoms with E-state index in [1.54, 1.807) is 18.2 Å². The first-order valence-corrected chi connectivity index (χ1v) is 7.71. The second-order valence-electron chi connectivity index (χ2n) is 4.66. The van der Waals surface area contributed by atoms with Crippen LogP contribution in [-0.4, -0.2) is 9.97 Å². The molecule has 4 aromatic rings. The van der Waals surface area contributed by atoms with Crippen LogP contribution >= 0.6 is 34.5 Å². The summed E-state index contributed by atoms with van der Waals surface area (Å²) in [5.74, 6) is 0.490. The first kappa shape index (κ1) is 13.1. The van der Waals surface area contributed by atoms with Crippen LogP contribution in [0.25, 0.3) is 31.8 Å². The molecule has 0 aliphatic carbocycles. The third-order valence-corrected chi connectivity index (χ3v) is 5.07. The van der Waals surface area contributed by atoms with Crippen molar-refractivity contribution in [3.05, 3.63) is 52.3 Å². The summed E-state index contributed by atoms with van der Waals surface area (Å²) in [6.45, 7) is 0. The van der Waals surface area contributed by atoms with E-state index in [-0.39, 0.29) is 5.82 Å². The van der Waals surface area contributed by atoms with Crippen LogP contribution in [0.3, 0.4) is 0 Å². The molecule has 104 valence electrons. The van der Waals surface area contributed by atoms with Gasteiger partial charge in [-0.25, -0.2) is 9.37 Å². The van der Waals surface area contributed by atoms with Gasteiger partial charge < -0.3 is 4.98 Å². The molecule has 0 aliphatic heterocycles. The summed E-state index contributed by atoms with van der Waals surface area (Å²) < 4.78 is 14.1. The zero-order chi connectivity index (χ0) is 14.6. The van der Waals surface area contributed by atoms with E-state index < -0.39 is 0 Å². The number of thiophene rings is 1. The smallest absolute Gasteiger partial charge is 0.148 e. The predicted molar refractivity (Wildman–Crippen MR) is 86.9 cm³/mol. The van der Waals surface area contributed by atoms with Gasteiger partial charge in [0.15, 0.2) is 0 Å². The van der Waals surface area contributed by atoms with Gasteiger partial charge in [-0.15, -0.1) is 11.3 Å². The molecule has 0 saturated heterocycles. The fourth-order valence-corrected chi connectivity index (χ4v) is 3.60. The van der Waals surface area contributed by atoms with E-state index in [4.69, 9.17) is 23.2 Å². The number of aromatic amines is 1. The van der Waals surface area contributed by atoms with Crippen molar-refractivity contribution in [2.24, 2.45) is 0 Å². The van der Waals surface area contributed by atoms with E-state index in [9.17, 15) is 4.39 Å². The lowest BCUT2D eigenvalue weighted by Gasteiger charge is -1.93. The van der Waals surface area contributed by atoms with Gasteiger partial charge in [0.2, 0.25) is 0 Å². The van der Waals surface area contributed by atoms with Crippen LogP contribution in [0.5, 0.6) is 0 Å². The van der Waals surface area contributed by atoms with Gasteiger partial charge in [-0.05, 0) is 35.7 Å². The number of H-pyrrole nitrogens is 1. The Balaban J connectivity index is 1.91. The Labute approximate surface area is 133 Å². The first-order valence-electron chi connectivity index (χ1n) is 6.14. The van der Waals surface area contributed by atoms with Gasteiger partial charge in [-0.2, -0.15) is 0 Å². The Morgan fingerprint density at radius 1 is 1.05 bits per heavy atom. The minimum absolute atomic E-state index is 0.237. The molecule has 1 N–H and O–H groups in total. The first-order chi connectivity index (χ1) is 10.1. The van der Waals surface area contributed by atoms with Crippen LogP contribution < -0.4 is 0 Å². The molecule has 2 nitrogen and oxygen atoms in total. The molecule has 2 aromatic carbocycles. The Kier molecular flexibility index (Phi) is 2.92. The Hall–Kier alpha value is -1.62. The summed E-state index contributed by atoms with van der Waals surface area (Å²) >= 11 is 13.5. The average Bonchev–Trinajstić information content (AvgIpc) is 3.02. The number of halogens is 3. The highest BCUT2D eigenvalue weighted by molar-refractivity contribution is 7.22. The molecule has 2 aromatic heterocycles. The van der Waals surface area contributed by atoms with Crippen molar-refractivity contribution in [3.8, 4) is 10.7 Å². The minimum Gasteiger partial charge on any atom is -0.337 e. The van der Waals surface area contributed by atoms with Gasteiger partial charge in [0.05, 0.1) is 26.0 Å². The van der Waals surface area contributed by atoms with E-state index in [2.05, 4.69) is 9.97 Å². The van der Waals surface area contributed by atoms with Gasteiger partial charge in [0, 0.05) is 4.70 Å². The maximum Gasteiger partial charge on any atom is 0.148 e. The van der Waals surface area contributed by atoms with Crippen molar-refractivity contribution >= 4 is 55.7 Å². The minimum atomic E-state index is -0.237. The van der Waals surface area contributed by atoms with Crippen LogP contribution in [0.2, 0.25) is 10.0 Å². The maximum absolute atomic E-state index is 13.3. The van der Waals surface area contributed by atoms with Gasteiger partial charge in [0.1, 0.15) is 11.6 Å². The molecule has 6 heteroatoms. The Morgan fingerprint density at radius 3 is 2.71 bits per heavy atom. The quantitative estimate of drug-likeness (QED) is 0.461. The van der Waals surface area contributed by atoms with E-state index in [0.29, 0.717) is 10.0 Å². The summed E-state index contributed by atoms with van der Waals surface area (Å²) in [5, 5.41) is 1.95. The average molecular weight is 337 g/mol. The number of nitrogens with one attached hydrogen (secondary N) is 1. The zero-order valence-corrected chi connectivity index (χ0v) is 12.8. The molecular formula is C15H7Cl2FN2S. The highest BCUT2D eigenvalue weighted by Crippen LogP contribution is 2.34. The maximum atomic E-state index is 13.3. The van der Waals surface area contributed by atoms with Crippen LogP contribution in [0.4, 0.5) is 4.39 Å². The molecule has 0 bridgehead atoms. The highest BCUT2D eigenvalue weighted by atomic mass is 35.5. The second-order valence-corrected chi connectivity index (χ2v) is 6.56. The zero-order valence-electron chi connectivity index (χ0n) is 10.5. The molecule has 0 fully saturated rings. The van der Waals surface area contributed by atoms with Crippen LogP contribution in [-0.2, 0) is 0 Å². The molecule has 4 rings (SSSR count). The second kappa shape index (κ2) is 4.70. The third kappa shape index (κ3) is 2.20. The number of fused-ring (bicyclic) bond motifs is 2. The highest BCUT2D eigenvalue weighted by Gasteiger charge is 2.11. The van der Waals surface area contributed by atoms with Gasteiger partial charge in [-0.3, -0.25) is 0 Å². The molecule has 0 atom stereocenters. The lowest BCUT2D eigenvalue weighted by Crippen LogP contribution is -1.72. The lowest BCUT2D eigenvalue weighted by atomic mass is 10.2. The molecule has 0 saturated carbocycles. The molecule has 21 heavy (non-hydrogen) atoms. The number of rotatable bonds is 1. The summed E-state index contributed by atoms with van der Waals surface area (Å²) in [4.78, 5) is 8.68. The van der Waals surface area contributed by atoms with Crippen LogP contribution in [0.1, 0.15) is 0 Å². The van der Waals surface area contributed by atoms with E-state index in [0.717, 1.165) is 31.8 Å². The summed E-state index contributed by atoms with van der Waals surface area (Å²) in [7, 11) is 0. The lowest BCUT2D eigenvalue weighted by molar-refractivity contribution is 0.630. The largest absolute Gasteiger partial charge is 0.337 e. The third-order valence-electron chi connectivity index (χ3n) is 3.24. The number of aromatic nitrogens is 2. The van der Waals surface area contributed by atoms with Gasteiger partial charge in [0.25, 0.3) is 0 Å². The Bertz CT molecular complexity index is 951. The number of benzene rings is 2. The fraction of sp³-hybridized carbons (Fsp3) is 0. The van der Waals surface area contributed by atoms with E-state index in [1.165, 1.54) is 23.5 Å². The molecule has 0 aliphatic rings. The number of hydrogen-bond acceptors (Lipinski definition) is 2. The summed E-state index contributed by atoms with van der Waals surface area (Å²) in [5.41, 5.74) is 1.58. The Morgan fingerprint density at radius 2 is 1.86 bits per heavy atom. The molecule has 0 unspecified atom stereocenters. The van der Waals surface area contributed by atoms with E-state index in [1.807, 2.05) is 6.07 Å². The van der Waals surface area contributed by atoms with Crippen molar-refractivity contribution in [2.45, 2.75) is 0 Å². The van der Waals surface area contributed by atoms with Gasteiger partial charge in [-0.1, -0.05) is 29.3 Å². The standard InChI is InChI=1S/C15H7Cl2FN2S/c16-9-5-11-12(6-10(9)17)20-15(19-11)14-3-7-1-2-8(18)4-13(7)21-14/h1-6H,(H,19,20). The number of nitrogens with zero attached hydrogens (tertiary/aromatic N) is 1. The molecule has 0 spiro atoms. The number of imidazole rings is 1.